The zero-order valence-corrected chi connectivity index (χ0v) is 17.5. The summed E-state index contributed by atoms with van der Waals surface area (Å²) in [5.74, 6) is -0.660. The maximum atomic E-state index is 13.3. The molecule has 0 radical (unpaired) electrons. The van der Waals surface area contributed by atoms with Crippen LogP contribution in [0.25, 0.3) is 5.57 Å². The van der Waals surface area contributed by atoms with Gasteiger partial charge in [0.25, 0.3) is 11.8 Å². The van der Waals surface area contributed by atoms with Crippen molar-refractivity contribution in [3.8, 4) is 5.75 Å². The van der Waals surface area contributed by atoms with Gasteiger partial charge in [-0.05, 0) is 35.4 Å². The minimum atomic E-state index is -4.53. The highest BCUT2D eigenvalue weighted by molar-refractivity contribution is 6.36. The van der Waals surface area contributed by atoms with Crippen LogP contribution in [-0.2, 0) is 22.3 Å². The van der Waals surface area contributed by atoms with E-state index in [1.807, 2.05) is 0 Å². The number of hydrogen-bond donors (Lipinski definition) is 1. The number of hydrogen-bond acceptors (Lipinski definition) is 4. The zero-order chi connectivity index (χ0) is 23.6. The molecule has 1 aliphatic heterocycles. The Bertz CT molecular complexity index is 1240. The van der Waals surface area contributed by atoms with Crippen LogP contribution >= 0.6 is 0 Å². The molecule has 168 valence electrons. The summed E-state index contributed by atoms with van der Waals surface area (Å²) in [4.78, 5) is 27.5. The van der Waals surface area contributed by atoms with E-state index in [0.717, 1.165) is 17.0 Å². The van der Waals surface area contributed by atoms with Gasteiger partial charge in [0, 0.05) is 11.8 Å². The van der Waals surface area contributed by atoms with Crippen molar-refractivity contribution < 1.29 is 27.5 Å². The summed E-state index contributed by atoms with van der Waals surface area (Å²) < 4.78 is 44.5. The van der Waals surface area contributed by atoms with Crippen LogP contribution in [0.1, 0.15) is 16.7 Å². The van der Waals surface area contributed by atoms with Gasteiger partial charge in [0.15, 0.2) is 0 Å². The van der Waals surface area contributed by atoms with E-state index in [0.29, 0.717) is 17.0 Å². The summed E-state index contributed by atoms with van der Waals surface area (Å²) in [6, 6.07) is 20.1. The van der Waals surface area contributed by atoms with Crippen LogP contribution in [0.2, 0.25) is 0 Å². The number of alkyl halides is 3. The lowest BCUT2D eigenvalue weighted by Gasteiger charge is -2.16. The first kappa shape index (κ1) is 22.1. The number of ether oxygens (including phenoxy) is 1. The maximum absolute atomic E-state index is 13.3. The smallest absolute Gasteiger partial charge is 0.416 e. The number of halogens is 3. The number of amides is 2. The Morgan fingerprint density at radius 2 is 1.61 bits per heavy atom. The molecule has 2 amide bonds. The van der Waals surface area contributed by atoms with Crippen molar-refractivity contribution in [1.82, 2.24) is 4.90 Å². The lowest BCUT2D eigenvalue weighted by Crippen LogP contribution is -2.32. The fourth-order valence-corrected chi connectivity index (χ4v) is 3.58. The van der Waals surface area contributed by atoms with Gasteiger partial charge in [0.1, 0.15) is 11.4 Å². The molecule has 0 saturated heterocycles. The standard InChI is InChI=1S/C25H19F3N2O3/c1-33-20-12-6-11-19(14-20)29-22-21(17-8-3-2-4-9-17)23(31)30(24(22)32)15-16-7-5-10-18(13-16)25(26,27)28/h2-14,29H,15H2,1H3. The van der Waals surface area contributed by atoms with Gasteiger partial charge in [0.05, 0.1) is 24.8 Å². The number of imide groups is 1. The highest BCUT2D eigenvalue weighted by atomic mass is 19.4. The van der Waals surface area contributed by atoms with E-state index in [1.54, 1.807) is 54.6 Å². The predicted molar refractivity (Wildman–Crippen MR) is 117 cm³/mol. The van der Waals surface area contributed by atoms with Crippen molar-refractivity contribution in [2.75, 3.05) is 12.4 Å². The lowest BCUT2D eigenvalue weighted by molar-refractivity contribution is -0.137. The second-order valence-electron chi connectivity index (χ2n) is 7.37. The summed E-state index contributed by atoms with van der Waals surface area (Å²) in [5.41, 5.74) is 0.598. The van der Waals surface area contributed by atoms with Crippen molar-refractivity contribution >= 4 is 23.1 Å². The van der Waals surface area contributed by atoms with Crippen molar-refractivity contribution in [1.29, 1.82) is 0 Å². The van der Waals surface area contributed by atoms with E-state index in [1.165, 1.54) is 19.2 Å². The van der Waals surface area contributed by atoms with E-state index in [2.05, 4.69) is 5.32 Å². The third kappa shape index (κ3) is 4.59. The first-order valence-corrected chi connectivity index (χ1v) is 10.0. The van der Waals surface area contributed by atoms with E-state index >= 15 is 0 Å². The molecule has 3 aromatic carbocycles. The van der Waals surface area contributed by atoms with Crippen molar-refractivity contribution in [2.24, 2.45) is 0 Å². The van der Waals surface area contributed by atoms with Gasteiger partial charge in [-0.2, -0.15) is 13.2 Å². The van der Waals surface area contributed by atoms with Gasteiger partial charge in [-0.1, -0.05) is 48.5 Å². The molecule has 5 nitrogen and oxygen atoms in total. The Morgan fingerprint density at radius 3 is 2.30 bits per heavy atom. The van der Waals surface area contributed by atoms with Crippen LogP contribution < -0.4 is 10.1 Å². The van der Waals surface area contributed by atoms with Gasteiger partial charge in [0.2, 0.25) is 0 Å². The zero-order valence-electron chi connectivity index (χ0n) is 17.5. The molecule has 33 heavy (non-hydrogen) atoms. The number of carbonyl (C=O) groups excluding carboxylic acids is 2. The maximum Gasteiger partial charge on any atom is 0.416 e. The van der Waals surface area contributed by atoms with E-state index in [9.17, 15) is 22.8 Å². The third-order valence-electron chi connectivity index (χ3n) is 5.16. The number of nitrogens with zero attached hydrogens (tertiary/aromatic N) is 1. The fourth-order valence-electron chi connectivity index (χ4n) is 3.58. The second-order valence-corrected chi connectivity index (χ2v) is 7.37. The molecule has 0 fully saturated rings. The topological polar surface area (TPSA) is 58.6 Å². The molecule has 0 atom stereocenters. The normalized spacial score (nSPS) is 14.1. The minimum absolute atomic E-state index is 0.0476. The summed E-state index contributed by atoms with van der Waals surface area (Å²) in [7, 11) is 1.51. The molecule has 0 spiro atoms. The fraction of sp³-hybridized carbons (Fsp3) is 0.120. The number of rotatable bonds is 6. The van der Waals surface area contributed by atoms with Crippen LogP contribution in [0, 0.1) is 0 Å². The molecule has 1 aliphatic rings. The summed E-state index contributed by atoms with van der Waals surface area (Å²) in [6.45, 7) is -0.290. The van der Waals surface area contributed by atoms with E-state index in [4.69, 9.17) is 4.74 Å². The minimum Gasteiger partial charge on any atom is -0.497 e. The summed E-state index contributed by atoms with van der Waals surface area (Å²) in [6.07, 6.45) is -4.53. The number of nitrogens with one attached hydrogen (secondary N) is 1. The van der Waals surface area contributed by atoms with Crippen molar-refractivity contribution in [2.45, 2.75) is 12.7 Å². The molecule has 0 aliphatic carbocycles. The molecule has 0 aromatic heterocycles. The quantitative estimate of drug-likeness (QED) is 0.529. The van der Waals surface area contributed by atoms with Crippen molar-refractivity contribution in [3.05, 3.63) is 101 Å². The van der Waals surface area contributed by atoms with Crippen LogP contribution in [0.15, 0.2) is 84.6 Å². The third-order valence-corrected chi connectivity index (χ3v) is 5.16. The Morgan fingerprint density at radius 1 is 0.879 bits per heavy atom. The molecule has 0 bridgehead atoms. The second kappa shape index (κ2) is 8.82. The lowest BCUT2D eigenvalue weighted by atomic mass is 10.0. The number of benzene rings is 3. The summed E-state index contributed by atoms with van der Waals surface area (Å²) >= 11 is 0. The Kier molecular flexibility index (Phi) is 5.91. The molecule has 1 N–H and O–H groups in total. The first-order valence-electron chi connectivity index (χ1n) is 10.0. The number of methoxy groups -OCH3 is 1. The first-order chi connectivity index (χ1) is 15.8. The monoisotopic (exact) mass is 452 g/mol. The molecule has 8 heteroatoms. The molecule has 4 rings (SSSR count). The Balaban J connectivity index is 1.71. The SMILES string of the molecule is COc1cccc(NC2=C(c3ccccc3)C(=O)N(Cc3cccc(C(F)(F)F)c3)C2=O)c1. The average molecular weight is 452 g/mol. The van der Waals surface area contributed by atoms with Crippen LogP contribution in [0.4, 0.5) is 18.9 Å². The van der Waals surface area contributed by atoms with Gasteiger partial charge >= 0.3 is 6.18 Å². The van der Waals surface area contributed by atoms with Crippen molar-refractivity contribution in [3.63, 3.8) is 0 Å². The molecule has 0 saturated carbocycles. The van der Waals surface area contributed by atoms with E-state index in [-0.39, 0.29) is 23.4 Å². The Labute approximate surface area is 188 Å². The highest BCUT2D eigenvalue weighted by Gasteiger charge is 2.39. The molecular formula is C25H19F3N2O3. The van der Waals surface area contributed by atoms with E-state index < -0.39 is 23.6 Å². The number of anilines is 1. The average Bonchev–Trinajstić information content (AvgIpc) is 3.03. The Hall–Kier alpha value is -4.07. The molecule has 3 aromatic rings. The summed E-state index contributed by atoms with van der Waals surface area (Å²) in [5, 5.41) is 3.00. The largest absolute Gasteiger partial charge is 0.497 e. The van der Waals surface area contributed by atoms with Crippen LogP contribution in [-0.4, -0.2) is 23.8 Å². The number of carbonyl (C=O) groups is 2. The van der Waals surface area contributed by atoms with Crippen LogP contribution in [0.5, 0.6) is 5.75 Å². The van der Waals surface area contributed by atoms with Crippen LogP contribution in [0.3, 0.4) is 0 Å². The predicted octanol–water partition coefficient (Wildman–Crippen LogP) is 5.11. The molecular weight excluding hydrogens is 433 g/mol. The molecule has 0 unspecified atom stereocenters. The van der Waals surface area contributed by atoms with Gasteiger partial charge in [-0.3, -0.25) is 14.5 Å². The molecule has 1 heterocycles. The van der Waals surface area contributed by atoms with Gasteiger partial charge < -0.3 is 10.1 Å². The highest BCUT2D eigenvalue weighted by Crippen LogP contribution is 2.33. The van der Waals surface area contributed by atoms with Gasteiger partial charge in [-0.15, -0.1) is 0 Å². The van der Waals surface area contributed by atoms with Gasteiger partial charge in [-0.25, -0.2) is 0 Å².